The summed E-state index contributed by atoms with van der Waals surface area (Å²) in [7, 11) is 0. The molecule has 13 heavy (non-hydrogen) atoms. The molecule has 0 radical (unpaired) electrons. The highest BCUT2D eigenvalue weighted by atomic mass is 16.4. The molecule has 0 unspecified atom stereocenters. The Labute approximate surface area is 78.0 Å². The first kappa shape index (κ1) is 8.54. The third-order valence-corrected chi connectivity index (χ3v) is 2.85. The van der Waals surface area contributed by atoms with Gasteiger partial charge in [-0.05, 0) is 36.8 Å². The molecule has 0 bridgehead atoms. The van der Waals surface area contributed by atoms with Crippen molar-refractivity contribution in [2.75, 3.05) is 0 Å². The van der Waals surface area contributed by atoms with Gasteiger partial charge in [0.05, 0.1) is 5.92 Å². The monoisotopic (exact) mass is 178 g/mol. The number of fused-ring (bicyclic) bond motifs is 1. The Hall–Kier alpha value is -1.05. The average Bonchev–Trinajstić information content (AvgIpc) is 2.38. The number of carbonyl (C=O) groups is 1. The average molecular weight is 178 g/mol. The van der Waals surface area contributed by atoms with Gasteiger partial charge in [-0.15, -0.1) is 0 Å². The van der Waals surface area contributed by atoms with E-state index in [1.165, 1.54) is 30.4 Å². The van der Waals surface area contributed by atoms with E-state index in [1.54, 1.807) is 0 Å². The minimum Gasteiger partial charge on any atom is -0.481 e. The van der Waals surface area contributed by atoms with Gasteiger partial charge in [0.25, 0.3) is 0 Å². The smallest absolute Gasteiger partial charge is 0.314 e. The highest BCUT2D eigenvalue weighted by molar-refractivity contribution is 5.77. The van der Waals surface area contributed by atoms with Gasteiger partial charge in [0.1, 0.15) is 0 Å². The van der Waals surface area contributed by atoms with E-state index in [2.05, 4.69) is 0 Å². The zero-order chi connectivity index (χ0) is 9.26. The van der Waals surface area contributed by atoms with Gasteiger partial charge in [0.15, 0.2) is 0 Å². The molecule has 0 spiro atoms. The number of allylic oxidation sites excluding steroid dienone is 2. The maximum atomic E-state index is 10.7. The second-order valence-electron chi connectivity index (χ2n) is 3.81. The summed E-state index contributed by atoms with van der Waals surface area (Å²) >= 11 is 0. The molecule has 0 aromatic rings. The van der Waals surface area contributed by atoms with Crippen LogP contribution in [0.25, 0.3) is 0 Å². The normalized spacial score (nSPS) is 23.1. The molecule has 0 aromatic heterocycles. The second kappa shape index (κ2) is 3.36. The standard InChI is InChI=1S/C11H14O2/c12-11(13)10-6-8-4-2-1-3-5-9(8)7-10/h6-7,10H,1-5H2,(H,12,13). The van der Waals surface area contributed by atoms with Crippen LogP contribution in [0.5, 0.6) is 0 Å². The van der Waals surface area contributed by atoms with E-state index >= 15 is 0 Å². The molecule has 0 amide bonds. The quantitative estimate of drug-likeness (QED) is 0.669. The Balaban J connectivity index is 2.19. The zero-order valence-corrected chi connectivity index (χ0v) is 7.62. The lowest BCUT2D eigenvalue weighted by atomic mass is 10.1. The maximum absolute atomic E-state index is 10.7. The van der Waals surface area contributed by atoms with Crippen molar-refractivity contribution in [3.05, 3.63) is 23.3 Å². The molecule has 2 aliphatic carbocycles. The first-order chi connectivity index (χ1) is 6.27. The Morgan fingerprint density at radius 3 is 2.15 bits per heavy atom. The first-order valence-corrected chi connectivity index (χ1v) is 4.92. The lowest BCUT2D eigenvalue weighted by molar-refractivity contribution is -0.138. The molecule has 2 rings (SSSR count). The van der Waals surface area contributed by atoms with Gasteiger partial charge in [-0.3, -0.25) is 4.79 Å². The molecule has 1 saturated carbocycles. The first-order valence-electron chi connectivity index (χ1n) is 4.92. The van der Waals surface area contributed by atoms with Crippen molar-refractivity contribution in [1.29, 1.82) is 0 Å². The number of hydrogen-bond donors (Lipinski definition) is 1. The van der Waals surface area contributed by atoms with Crippen LogP contribution in [0.3, 0.4) is 0 Å². The van der Waals surface area contributed by atoms with Crippen molar-refractivity contribution in [3.8, 4) is 0 Å². The molecule has 1 fully saturated rings. The molecule has 2 heteroatoms. The number of carboxylic acids is 1. The molecule has 0 saturated heterocycles. The van der Waals surface area contributed by atoms with Crippen LogP contribution in [0.2, 0.25) is 0 Å². The second-order valence-corrected chi connectivity index (χ2v) is 3.81. The lowest BCUT2D eigenvalue weighted by Gasteiger charge is -1.99. The van der Waals surface area contributed by atoms with Crippen molar-refractivity contribution in [3.63, 3.8) is 0 Å². The van der Waals surface area contributed by atoms with Crippen LogP contribution >= 0.6 is 0 Å². The summed E-state index contributed by atoms with van der Waals surface area (Å²) in [5.74, 6) is -1.06. The van der Waals surface area contributed by atoms with Crippen molar-refractivity contribution < 1.29 is 9.90 Å². The van der Waals surface area contributed by atoms with Crippen molar-refractivity contribution >= 4 is 5.97 Å². The lowest BCUT2D eigenvalue weighted by Crippen LogP contribution is -2.05. The SMILES string of the molecule is O=C(O)C1C=C2CCCCCC2=C1. The van der Waals surface area contributed by atoms with Crippen LogP contribution in [0.15, 0.2) is 23.3 Å². The summed E-state index contributed by atoms with van der Waals surface area (Å²) < 4.78 is 0. The molecule has 0 heterocycles. The van der Waals surface area contributed by atoms with Crippen LogP contribution < -0.4 is 0 Å². The van der Waals surface area contributed by atoms with E-state index in [0.717, 1.165) is 12.8 Å². The molecule has 0 atom stereocenters. The van der Waals surface area contributed by atoms with Gasteiger partial charge in [0.2, 0.25) is 0 Å². The number of rotatable bonds is 1. The molecular weight excluding hydrogens is 164 g/mol. The van der Waals surface area contributed by atoms with E-state index < -0.39 is 5.97 Å². The van der Waals surface area contributed by atoms with Gasteiger partial charge < -0.3 is 5.11 Å². The topological polar surface area (TPSA) is 37.3 Å². The van der Waals surface area contributed by atoms with E-state index in [1.807, 2.05) is 12.2 Å². The van der Waals surface area contributed by atoms with Crippen molar-refractivity contribution in [2.24, 2.45) is 5.92 Å². The van der Waals surface area contributed by atoms with E-state index in [0.29, 0.717) is 0 Å². The van der Waals surface area contributed by atoms with Crippen LogP contribution in [0, 0.1) is 5.92 Å². The number of aliphatic carboxylic acids is 1. The fourth-order valence-corrected chi connectivity index (χ4v) is 2.13. The molecule has 0 aromatic carbocycles. The maximum Gasteiger partial charge on any atom is 0.314 e. The van der Waals surface area contributed by atoms with E-state index in [9.17, 15) is 4.79 Å². The molecule has 2 nitrogen and oxygen atoms in total. The Morgan fingerprint density at radius 1 is 1.15 bits per heavy atom. The summed E-state index contributed by atoms with van der Waals surface area (Å²) in [5, 5.41) is 8.84. The Kier molecular flexibility index (Phi) is 2.21. The predicted octanol–water partition coefficient (Wildman–Crippen LogP) is 2.52. The molecule has 1 N–H and O–H groups in total. The molecule has 0 aliphatic heterocycles. The molecule has 2 aliphatic rings. The van der Waals surface area contributed by atoms with Gasteiger partial charge in [-0.25, -0.2) is 0 Å². The van der Waals surface area contributed by atoms with Crippen LogP contribution in [0.1, 0.15) is 32.1 Å². The molecule has 70 valence electrons. The van der Waals surface area contributed by atoms with Gasteiger partial charge in [-0.1, -0.05) is 18.6 Å². The minimum atomic E-state index is -0.715. The fourth-order valence-electron chi connectivity index (χ4n) is 2.13. The van der Waals surface area contributed by atoms with Crippen molar-refractivity contribution in [1.82, 2.24) is 0 Å². The number of hydrogen-bond acceptors (Lipinski definition) is 1. The summed E-state index contributed by atoms with van der Waals surface area (Å²) in [6.45, 7) is 0. The summed E-state index contributed by atoms with van der Waals surface area (Å²) in [6, 6.07) is 0. The van der Waals surface area contributed by atoms with E-state index in [4.69, 9.17) is 5.11 Å². The van der Waals surface area contributed by atoms with Gasteiger partial charge in [0, 0.05) is 0 Å². The van der Waals surface area contributed by atoms with Crippen LogP contribution in [-0.4, -0.2) is 11.1 Å². The highest BCUT2D eigenvalue weighted by Gasteiger charge is 2.22. The van der Waals surface area contributed by atoms with E-state index in [-0.39, 0.29) is 5.92 Å². The fraction of sp³-hybridized carbons (Fsp3) is 0.545. The highest BCUT2D eigenvalue weighted by Crippen LogP contribution is 2.34. The summed E-state index contributed by atoms with van der Waals surface area (Å²) in [6.07, 6.45) is 9.72. The Morgan fingerprint density at radius 2 is 1.69 bits per heavy atom. The van der Waals surface area contributed by atoms with Gasteiger partial charge in [-0.2, -0.15) is 0 Å². The third kappa shape index (κ3) is 1.67. The third-order valence-electron chi connectivity index (χ3n) is 2.85. The van der Waals surface area contributed by atoms with Crippen LogP contribution in [0.4, 0.5) is 0 Å². The predicted molar refractivity (Wildman–Crippen MR) is 50.4 cm³/mol. The zero-order valence-electron chi connectivity index (χ0n) is 7.62. The number of carboxylic acid groups (broad SMARTS) is 1. The Bertz CT molecular complexity index is 264. The van der Waals surface area contributed by atoms with Crippen LogP contribution in [-0.2, 0) is 4.79 Å². The summed E-state index contributed by atoms with van der Waals surface area (Å²) in [4.78, 5) is 10.7. The minimum absolute atomic E-state index is 0.344. The molecular formula is C11H14O2. The largest absolute Gasteiger partial charge is 0.481 e. The van der Waals surface area contributed by atoms with Gasteiger partial charge >= 0.3 is 5.97 Å². The van der Waals surface area contributed by atoms with Crippen molar-refractivity contribution in [2.45, 2.75) is 32.1 Å². The summed E-state index contributed by atoms with van der Waals surface area (Å²) in [5.41, 5.74) is 2.59.